The number of methoxy groups -OCH3 is 1. The zero-order chi connectivity index (χ0) is 13.1. The van der Waals surface area contributed by atoms with Gasteiger partial charge >= 0.3 is 5.97 Å². The molecule has 1 atom stereocenters. The van der Waals surface area contributed by atoms with E-state index in [1.54, 1.807) is 13.0 Å². The Labute approximate surface area is 106 Å². The Hall–Kier alpha value is -2.04. The first kappa shape index (κ1) is 12.4. The number of amides is 1. The molecule has 2 rings (SSSR count). The fraction of sp³-hybridized carbons (Fsp3) is 0.385. The molecule has 0 fully saturated rings. The zero-order valence-electron chi connectivity index (χ0n) is 10.4. The summed E-state index contributed by atoms with van der Waals surface area (Å²) in [5.74, 6) is -0.730. The first-order chi connectivity index (χ1) is 8.61. The van der Waals surface area contributed by atoms with Gasteiger partial charge in [0, 0.05) is 17.8 Å². The summed E-state index contributed by atoms with van der Waals surface area (Å²) < 4.78 is 4.56. The Kier molecular flexibility index (Phi) is 3.50. The maximum absolute atomic E-state index is 11.9. The molecule has 0 aliphatic carbocycles. The molecular weight excluding hydrogens is 232 g/mol. The monoisotopic (exact) mass is 248 g/mol. The predicted octanol–water partition coefficient (Wildman–Crippen LogP) is 0.946. The van der Waals surface area contributed by atoms with Crippen LogP contribution in [0.4, 0.5) is 5.69 Å². The van der Waals surface area contributed by atoms with Gasteiger partial charge in [0.25, 0.3) is 5.91 Å². The second kappa shape index (κ2) is 5.08. The van der Waals surface area contributed by atoms with E-state index in [0.717, 1.165) is 18.7 Å². The van der Waals surface area contributed by atoms with E-state index < -0.39 is 12.0 Å². The van der Waals surface area contributed by atoms with Crippen molar-refractivity contribution in [2.75, 3.05) is 19.0 Å². The number of fused-ring (bicyclic) bond motifs is 1. The molecule has 0 bridgehead atoms. The van der Waals surface area contributed by atoms with E-state index >= 15 is 0 Å². The first-order valence-corrected chi connectivity index (χ1v) is 5.87. The second-order valence-electron chi connectivity index (χ2n) is 4.27. The molecule has 0 aromatic heterocycles. The second-order valence-corrected chi connectivity index (χ2v) is 4.27. The van der Waals surface area contributed by atoms with Crippen LogP contribution in [-0.2, 0) is 16.0 Å². The van der Waals surface area contributed by atoms with E-state index in [0.29, 0.717) is 5.56 Å². The van der Waals surface area contributed by atoms with Crippen LogP contribution in [0.25, 0.3) is 0 Å². The molecule has 1 aromatic carbocycles. The number of esters is 1. The highest BCUT2D eigenvalue weighted by atomic mass is 16.5. The summed E-state index contributed by atoms with van der Waals surface area (Å²) in [7, 11) is 1.30. The van der Waals surface area contributed by atoms with E-state index in [-0.39, 0.29) is 5.91 Å². The van der Waals surface area contributed by atoms with Gasteiger partial charge in [0.2, 0.25) is 0 Å². The highest BCUT2D eigenvalue weighted by Gasteiger charge is 2.18. The van der Waals surface area contributed by atoms with E-state index in [4.69, 9.17) is 0 Å². The van der Waals surface area contributed by atoms with E-state index in [1.807, 2.05) is 12.1 Å². The summed E-state index contributed by atoms with van der Waals surface area (Å²) in [4.78, 5) is 23.1. The first-order valence-electron chi connectivity index (χ1n) is 5.87. The summed E-state index contributed by atoms with van der Waals surface area (Å²) in [5.41, 5.74) is 2.75. The van der Waals surface area contributed by atoms with Crippen molar-refractivity contribution in [2.24, 2.45) is 0 Å². The summed E-state index contributed by atoms with van der Waals surface area (Å²) in [5, 5.41) is 5.81. The third-order valence-electron chi connectivity index (χ3n) is 2.98. The third kappa shape index (κ3) is 2.45. The lowest BCUT2D eigenvalue weighted by Gasteiger charge is -2.12. The van der Waals surface area contributed by atoms with Crippen molar-refractivity contribution in [1.29, 1.82) is 0 Å². The Bertz CT molecular complexity index is 485. The van der Waals surface area contributed by atoms with E-state index in [9.17, 15) is 9.59 Å². The van der Waals surface area contributed by atoms with Gasteiger partial charge in [0.1, 0.15) is 6.04 Å². The van der Waals surface area contributed by atoms with Crippen molar-refractivity contribution >= 4 is 17.6 Å². The molecule has 0 saturated carbocycles. The van der Waals surface area contributed by atoms with E-state index in [1.165, 1.54) is 12.7 Å². The van der Waals surface area contributed by atoms with Gasteiger partial charge in [-0.15, -0.1) is 0 Å². The molecule has 1 heterocycles. The minimum atomic E-state index is -0.649. The maximum Gasteiger partial charge on any atom is 0.328 e. The van der Waals surface area contributed by atoms with Gasteiger partial charge in [-0.3, -0.25) is 4.79 Å². The van der Waals surface area contributed by atoms with Crippen LogP contribution < -0.4 is 10.6 Å². The smallest absolute Gasteiger partial charge is 0.328 e. The number of nitrogens with one attached hydrogen (secondary N) is 2. The Balaban J connectivity index is 2.07. The number of carbonyl (C=O) groups excluding carboxylic acids is 2. The molecule has 5 heteroatoms. The summed E-state index contributed by atoms with van der Waals surface area (Å²) in [6.07, 6.45) is 0.982. The lowest BCUT2D eigenvalue weighted by atomic mass is 10.1. The number of rotatable bonds is 3. The van der Waals surface area contributed by atoms with Crippen LogP contribution in [0.1, 0.15) is 22.8 Å². The van der Waals surface area contributed by atoms with Crippen LogP contribution in [-0.4, -0.2) is 31.6 Å². The molecule has 1 amide bonds. The van der Waals surface area contributed by atoms with Gasteiger partial charge in [0.15, 0.2) is 0 Å². The van der Waals surface area contributed by atoms with Crippen molar-refractivity contribution < 1.29 is 14.3 Å². The topological polar surface area (TPSA) is 67.4 Å². The molecule has 96 valence electrons. The number of carbonyl (C=O) groups is 2. The van der Waals surface area contributed by atoms with Gasteiger partial charge < -0.3 is 15.4 Å². The number of ether oxygens (including phenoxy) is 1. The van der Waals surface area contributed by atoms with Crippen molar-refractivity contribution in [2.45, 2.75) is 19.4 Å². The molecule has 1 aromatic rings. The fourth-order valence-electron chi connectivity index (χ4n) is 1.95. The van der Waals surface area contributed by atoms with Gasteiger partial charge in [-0.1, -0.05) is 6.07 Å². The van der Waals surface area contributed by atoms with Gasteiger partial charge in [-0.2, -0.15) is 0 Å². The molecule has 1 aliphatic heterocycles. The van der Waals surface area contributed by atoms with Crippen LogP contribution in [0, 0.1) is 0 Å². The Morgan fingerprint density at radius 3 is 2.94 bits per heavy atom. The van der Waals surface area contributed by atoms with Crippen LogP contribution in [0.3, 0.4) is 0 Å². The SMILES string of the molecule is COC(=O)[C@H](C)NC(=O)c1ccc2c(c1)NCC2. The Morgan fingerprint density at radius 1 is 1.44 bits per heavy atom. The third-order valence-corrected chi connectivity index (χ3v) is 2.98. The molecule has 0 spiro atoms. The summed E-state index contributed by atoms with van der Waals surface area (Å²) in [6.45, 7) is 2.49. The minimum Gasteiger partial charge on any atom is -0.467 e. The summed E-state index contributed by atoms with van der Waals surface area (Å²) >= 11 is 0. The number of anilines is 1. The number of hydrogen-bond donors (Lipinski definition) is 2. The molecule has 5 nitrogen and oxygen atoms in total. The van der Waals surface area contributed by atoms with E-state index in [2.05, 4.69) is 15.4 Å². The van der Waals surface area contributed by atoms with Gasteiger partial charge in [0.05, 0.1) is 7.11 Å². The zero-order valence-corrected chi connectivity index (χ0v) is 10.4. The van der Waals surface area contributed by atoms with Crippen LogP contribution in [0.2, 0.25) is 0 Å². The molecule has 2 N–H and O–H groups in total. The maximum atomic E-state index is 11.9. The average Bonchev–Trinajstić information content (AvgIpc) is 2.84. The summed E-state index contributed by atoms with van der Waals surface area (Å²) in [6, 6.07) is 4.86. The highest BCUT2D eigenvalue weighted by Crippen LogP contribution is 2.23. The standard InChI is InChI=1S/C13H16N2O3/c1-8(13(17)18-2)15-12(16)10-4-3-9-5-6-14-11(9)7-10/h3-4,7-8,14H,5-6H2,1-2H3,(H,15,16)/t8-/m0/s1. The van der Waals surface area contributed by atoms with Gasteiger partial charge in [-0.25, -0.2) is 4.79 Å². The van der Waals surface area contributed by atoms with Crippen molar-refractivity contribution in [3.05, 3.63) is 29.3 Å². The van der Waals surface area contributed by atoms with Crippen molar-refractivity contribution in [3.8, 4) is 0 Å². The number of benzene rings is 1. The highest BCUT2D eigenvalue weighted by molar-refractivity contribution is 5.97. The minimum absolute atomic E-state index is 0.274. The molecular formula is C13H16N2O3. The van der Waals surface area contributed by atoms with Crippen molar-refractivity contribution in [3.63, 3.8) is 0 Å². The van der Waals surface area contributed by atoms with Gasteiger partial charge in [-0.05, 0) is 31.0 Å². The van der Waals surface area contributed by atoms with Crippen LogP contribution in [0.15, 0.2) is 18.2 Å². The molecule has 1 aliphatic rings. The largest absolute Gasteiger partial charge is 0.467 e. The number of hydrogen-bond acceptors (Lipinski definition) is 4. The lowest BCUT2D eigenvalue weighted by Crippen LogP contribution is -2.39. The predicted molar refractivity (Wildman–Crippen MR) is 67.6 cm³/mol. The Morgan fingerprint density at radius 2 is 2.22 bits per heavy atom. The lowest BCUT2D eigenvalue weighted by molar-refractivity contribution is -0.142. The molecule has 0 saturated heterocycles. The quantitative estimate of drug-likeness (QED) is 0.781. The molecule has 18 heavy (non-hydrogen) atoms. The van der Waals surface area contributed by atoms with Crippen molar-refractivity contribution in [1.82, 2.24) is 5.32 Å². The fourth-order valence-corrected chi connectivity index (χ4v) is 1.95. The average molecular weight is 248 g/mol. The normalized spacial score (nSPS) is 14.3. The van der Waals surface area contributed by atoms with Crippen LogP contribution >= 0.6 is 0 Å². The molecule has 0 radical (unpaired) electrons. The van der Waals surface area contributed by atoms with Crippen LogP contribution in [0.5, 0.6) is 0 Å². The molecule has 0 unspecified atom stereocenters.